The van der Waals surface area contributed by atoms with E-state index in [0.29, 0.717) is 0 Å². The van der Waals surface area contributed by atoms with E-state index in [-0.39, 0.29) is 36.7 Å². The van der Waals surface area contributed by atoms with Gasteiger partial charge in [0.15, 0.2) is 8.32 Å². The molecule has 1 aliphatic carbocycles. The van der Waals surface area contributed by atoms with Gasteiger partial charge in [-0.3, -0.25) is 4.79 Å². The second-order valence-electron chi connectivity index (χ2n) is 14.9. The summed E-state index contributed by atoms with van der Waals surface area (Å²) in [5.74, 6) is 0.383. The summed E-state index contributed by atoms with van der Waals surface area (Å²) in [6, 6.07) is 42.7. The fraction of sp³-hybridized carbons (Fsp3) is 0.311. The van der Waals surface area contributed by atoms with Gasteiger partial charge in [0.1, 0.15) is 29.6 Å². The van der Waals surface area contributed by atoms with Gasteiger partial charge in [0.2, 0.25) is 0 Å². The molecular weight excluding hydrogens is 665 g/mol. The molecule has 7 heteroatoms. The predicted molar refractivity (Wildman–Crippen MR) is 210 cm³/mol. The lowest BCUT2D eigenvalue weighted by atomic mass is 9.80. The maximum Gasteiger partial charge on any atom is 0.313 e. The highest BCUT2D eigenvalue weighted by Gasteiger charge is 2.42. The fourth-order valence-electron chi connectivity index (χ4n) is 6.73. The van der Waals surface area contributed by atoms with Crippen molar-refractivity contribution in [2.75, 3.05) is 34.0 Å². The predicted octanol–water partition coefficient (Wildman–Crippen LogP) is 10.0. The van der Waals surface area contributed by atoms with Crippen molar-refractivity contribution in [1.29, 1.82) is 0 Å². The lowest BCUT2D eigenvalue weighted by molar-refractivity contribution is -0.154. The first kappa shape index (κ1) is 37.1. The van der Waals surface area contributed by atoms with Crippen molar-refractivity contribution >= 4 is 14.3 Å². The Morgan fingerprint density at radius 2 is 1.10 bits per heavy atom. The van der Waals surface area contributed by atoms with Crippen molar-refractivity contribution < 1.29 is 28.2 Å². The van der Waals surface area contributed by atoms with Crippen LogP contribution in [0, 0.1) is 5.92 Å². The molecule has 0 fully saturated rings. The average Bonchev–Trinajstić information content (AvgIpc) is 3.49. The van der Waals surface area contributed by atoms with Gasteiger partial charge in [0.05, 0.1) is 20.8 Å². The molecule has 5 aromatic carbocycles. The van der Waals surface area contributed by atoms with Crippen molar-refractivity contribution in [3.63, 3.8) is 0 Å². The first-order valence-corrected chi connectivity index (χ1v) is 20.9. The van der Waals surface area contributed by atoms with Crippen LogP contribution in [0.25, 0.3) is 11.1 Å². The van der Waals surface area contributed by atoms with Crippen molar-refractivity contribution in [3.05, 3.63) is 155 Å². The van der Waals surface area contributed by atoms with Gasteiger partial charge in [-0.05, 0) is 81.3 Å². The van der Waals surface area contributed by atoms with E-state index in [4.69, 9.17) is 23.4 Å². The van der Waals surface area contributed by atoms with Gasteiger partial charge in [0.25, 0.3) is 0 Å². The molecule has 6 rings (SSSR count). The number of hydrogen-bond acceptors (Lipinski definition) is 6. The topological polar surface area (TPSA) is 63.2 Å². The van der Waals surface area contributed by atoms with Gasteiger partial charge >= 0.3 is 5.97 Å². The van der Waals surface area contributed by atoms with Gasteiger partial charge in [-0.2, -0.15) is 0 Å². The lowest BCUT2D eigenvalue weighted by Crippen LogP contribution is -2.44. The highest BCUT2D eigenvalue weighted by Crippen LogP contribution is 2.45. The molecule has 0 aliphatic heterocycles. The van der Waals surface area contributed by atoms with E-state index in [1.165, 1.54) is 22.3 Å². The second-order valence-corrected chi connectivity index (χ2v) is 19.7. The van der Waals surface area contributed by atoms with Gasteiger partial charge in [-0.15, -0.1) is 0 Å². The number of methoxy groups -OCH3 is 2. The van der Waals surface area contributed by atoms with Crippen LogP contribution in [-0.4, -0.2) is 48.3 Å². The largest absolute Gasteiger partial charge is 0.497 e. The van der Waals surface area contributed by atoms with Crippen LogP contribution in [-0.2, 0) is 24.3 Å². The summed E-state index contributed by atoms with van der Waals surface area (Å²) in [4.78, 5) is 14.4. The summed E-state index contributed by atoms with van der Waals surface area (Å²) >= 11 is 0. The molecule has 270 valence electrons. The van der Waals surface area contributed by atoms with Crippen LogP contribution in [0.15, 0.2) is 127 Å². The molecule has 5 aromatic rings. The van der Waals surface area contributed by atoms with Gasteiger partial charge in [-0.25, -0.2) is 0 Å². The van der Waals surface area contributed by atoms with Crippen molar-refractivity contribution in [1.82, 2.24) is 0 Å². The number of ether oxygens (including phenoxy) is 4. The number of hydrogen-bond donors (Lipinski definition) is 0. The third-order valence-corrected chi connectivity index (χ3v) is 15.3. The van der Waals surface area contributed by atoms with Crippen LogP contribution >= 0.6 is 0 Å². The maximum atomic E-state index is 14.4. The van der Waals surface area contributed by atoms with E-state index >= 15 is 0 Å². The quantitative estimate of drug-likeness (QED) is 0.0649. The van der Waals surface area contributed by atoms with Gasteiger partial charge in [-0.1, -0.05) is 124 Å². The molecule has 0 N–H and O–H groups in total. The van der Waals surface area contributed by atoms with E-state index < -0.39 is 19.8 Å². The Balaban J connectivity index is 1.36. The third-order valence-electron chi connectivity index (χ3n) is 10.8. The summed E-state index contributed by atoms with van der Waals surface area (Å²) in [5.41, 5.74) is 6.33. The average molecular weight is 715 g/mol. The van der Waals surface area contributed by atoms with E-state index in [0.717, 1.165) is 28.2 Å². The molecule has 1 atom stereocenters. The van der Waals surface area contributed by atoms with Crippen LogP contribution in [0.5, 0.6) is 11.5 Å². The molecule has 52 heavy (non-hydrogen) atoms. The van der Waals surface area contributed by atoms with E-state index in [9.17, 15) is 4.79 Å². The van der Waals surface area contributed by atoms with Crippen molar-refractivity contribution in [2.24, 2.45) is 5.92 Å². The first-order valence-electron chi connectivity index (χ1n) is 18.0. The lowest BCUT2D eigenvalue weighted by Gasteiger charge is -2.39. The highest BCUT2D eigenvalue weighted by atomic mass is 28.4. The Morgan fingerprint density at radius 3 is 1.58 bits per heavy atom. The molecule has 0 spiro atoms. The molecule has 0 saturated heterocycles. The Kier molecular flexibility index (Phi) is 11.1. The van der Waals surface area contributed by atoms with Crippen LogP contribution in [0.4, 0.5) is 0 Å². The minimum Gasteiger partial charge on any atom is -0.497 e. The zero-order valence-electron chi connectivity index (χ0n) is 31.3. The number of carbonyl (C=O) groups is 1. The fourth-order valence-corrected chi connectivity index (χ4v) is 7.78. The zero-order valence-corrected chi connectivity index (χ0v) is 32.3. The Labute approximate surface area is 309 Å². The van der Waals surface area contributed by atoms with Crippen LogP contribution in [0.3, 0.4) is 0 Å². The van der Waals surface area contributed by atoms with E-state index in [2.05, 4.69) is 82.4 Å². The molecule has 1 aliphatic rings. The van der Waals surface area contributed by atoms with E-state index in [1.54, 1.807) is 14.2 Å². The summed E-state index contributed by atoms with van der Waals surface area (Å²) in [6.07, 6.45) is 0. The SMILES string of the molecule is COc1ccc(C(OCC(CO[Si](C)(C)C(C)(C)C)C(=O)OCC2c3ccccc3-c3ccccc32)(c2ccccc2)c2ccc(OC)cc2)cc1. The number of carbonyl (C=O) groups excluding carboxylic acids is 1. The zero-order chi connectivity index (χ0) is 36.9. The molecule has 0 radical (unpaired) electrons. The van der Waals surface area contributed by atoms with Crippen molar-refractivity contribution in [3.8, 4) is 22.6 Å². The summed E-state index contributed by atoms with van der Waals surface area (Å²) in [6.45, 7) is 11.5. The summed E-state index contributed by atoms with van der Waals surface area (Å²) in [5, 5.41) is -0.0421. The minimum atomic E-state index is -2.24. The Hall–Kier alpha value is -4.69. The Bertz CT molecular complexity index is 1850. The number of rotatable bonds is 14. The third kappa shape index (κ3) is 7.44. The molecule has 0 saturated carbocycles. The molecule has 0 bridgehead atoms. The highest BCUT2D eigenvalue weighted by molar-refractivity contribution is 6.74. The van der Waals surface area contributed by atoms with Crippen LogP contribution < -0.4 is 9.47 Å². The van der Waals surface area contributed by atoms with Gasteiger partial charge in [0, 0.05) is 12.5 Å². The monoisotopic (exact) mass is 714 g/mol. The summed E-state index contributed by atoms with van der Waals surface area (Å²) < 4.78 is 31.3. The maximum absolute atomic E-state index is 14.4. The molecular formula is C45H50O6Si. The standard InChI is InChI=1S/C45H50O6Si/c1-44(2,3)52(6,7)51-30-32(43(46)49-31-42-40-19-13-11-17-38(40)39-18-12-14-20-41(39)42)29-50-45(33-15-9-8-10-16-33,34-21-25-36(47-4)26-22-34)35-23-27-37(48-5)28-24-35/h8-28,32,42H,29-31H2,1-7H3. The molecule has 6 nitrogen and oxygen atoms in total. The Morgan fingerprint density at radius 1 is 0.635 bits per heavy atom. The molecule has 0 amide bonds. The first-order chi connectivity index (χ1) is 25.0. The molecule has 0 heterocycles. The molecule has 0 aromatic heterocycles. The van der Waals surface area contributed by atoms with E-state index in [1.807, 2.05) is 78.9 Å². The second kappa shape index (κ2) is 15.5. The number of fused-ring (bicyclic) bond motifs is 3. The summed E-state index contributed by atoms with van der Waals surface area (Å²) in [7, 11) is 1.07. The van der Waals surface area contributed by atoms with Crippen LogP contribution in [0.2, 0.25) is 18.1 Å². The van der Waals surface area contributed by atoms with Crippen LogP contribution in [0.1, 0.15) is 54.5 Å². The van der Waals surface area contributed by atoms with Gasteiger partial charge < -0.3 is 23.4 Å². The number of benzene rings is 5. The molecule has 1 unspecified atom stereocenters. The minimum absolute atomic E-state index is 0.0421. The normalized spacial score (nSPS) is 13.6. The number of esters is 1. The van der Waals surface area contributed by atoms with Crippen molar-refractivity contribution in [2.45, 2.75) is 50.4 Å². The smallest absolute Gasteiger partial charge is 0.313 e.